The standard InChI is InChI=1S/C11H8ClFN2O2S/c12-7-3-1-2-6(9(7)13)5-18-8-4-14-10(16)11(17)15-8/h1-4H,5H2,(H,14,16)(H,15,17). The number of H-pyrrole nitrogens is 2. The summed E-state index contributed by atoms with van der Waals surface area (Å²) in [6, 6.07) is 4.72. The molecule has 0 aliphatic heterocycles. The first-order chi connectivity index (χ1) is 8.58. The summed E-state index contributed by atoms with van der Waals surface area (Å²) in [5, 5.41) is 0.516. The molecule has 1 aromatic heterocycles. The van der Waals surface area contributed by atoms with E-state index in [9.17, 15) is 14.0 Å². The monoisotopic (exact) mass is 286 g/mol. The smallest absolute Gasteiger partial charge is 0.314 e. The molecule has 0 bridgehead atoms. The van der Waals surface area contributed by atoms with Crippen LogP contribution in [0, 0.1) is 5.82 Å². The van der Waals surface area contributed by atoms with Gasteiger partial charge >= 0.3 is 11.1 Å². The summed E-state index contributed by atoms with van der Waals surface area (Å²) >= 11 is 6.85. The molecule has 2 N–H and O–H groups in total. The third-order valence-corrected chi connectivity index (χ3v) is 3.47. The van der Waals surface area contributed by atoms with Crippen molar-refractivity contribution in [3.63, 3.8) is 0 Å². The van der Waals surface area contributed by atoms with E-state index >= 15 is 0 Å². The van der Waals surface area contributed by atoms with Gasteiger partial charge < -0.3 is 9.97 Å². The van der Waals surface area contributed by atoms with Crippen LogP contribution in [-0.2, 0) is 5.75 Å². The summed E-state index contributed by atoms with van der Waals surface area (Å²) in [6.45, 7) is 0. The van der Waals surface area contributed by atoms with E-state index in [1.54, 1.807) is 12.1 Å². The van der Waals surface area contributed by atoms with E-state index in [-0.39, 0.29) is 5.02 Å². The third kappa shape index (κ3) is 2.83. The normalized spacial score (nSPS) is 10.6. The second kappa shape index (κ2) is 5.41. The highest BCUT2D eigenvalue weighted by Crippen LogP contribution is 2.24. The maximum Gasteiger partial charge on any atom is 0.314 e. The first-order valence-corrected chi connectivity index (χ1v) is 6.32. The minimum Gasteiger partial charge on any atom is -0.322 e. The van der Waals surface area contributed by atoms with Crippen LogP contribution in [0.25, 0.3) is 0 Å². The van der Waals surface area contributed by atoms with Crippen LogP contribution >= 0.6 is 23.4 Å². The fourth-order valence-electron chi connectivity index (χ4n) is 1.29. The molecule has 1 heterocycles. The van der Waals surface area contributed by atoms with Gasteiger partial charge in [-0.2, -0.15) is 0 Å². The van der Waals surface area contributed by atoms with Crippen LogP contribution in [-0.4, -0.2) is 9.97 Å². The number of thioether (sulfide) groups is 1. The van der Waals surface area contributed by atoms with E-state index in [0.717, 1.165) is 0 Å². The van der Waals surface area contributed by atoms with Gasteiger partial charge in [0, 0.05) is 11.9 Å². The average molecular weight is 287 g/mol. The van der Waals surface area contributed by atoms with Crippen molar-refractivity contribution < 1.29 is 4.39 Å². The minimum atomic E-state index is -0.730. The predicted octanol–water partition coefficient (Wildman–Crippen LogP) is 2.15. The number of halogens is 2. The molecule has 1 aromatic carbocycles. The Kier molecular flexibility index (Phi) is 3.88. The molecule has 2 rings (SSSR count). The van der Waals surface area contributed by atoms with Crippen molar-refractivity contribution >= 4 is 23.4 Å². The number of nitrogens with one attached hydrogen (secondary N) is 2. The van der Waals surface area contributed by atoms with Crippen LogP contribution in [0.2, 0.25) is 5.02 Å². The van der Waals surface area contributed by atoms with Crippen molar-refractivity contribution in [1.82, 2.24) is 9.97 Å². The van der Waals surface area contributed by atoms with E-state index < -0.39 is 16.9 Å². The minimum absolute atomic E-state index is 0.0584. The van der Waals surface area contributed by atoms with Gasteiger partial charge in [-0.3, -0.25) is 9.59 Å². The van der Waals surface area contributed by atoms with Gasteiger partial charge in [0.25, 0.3) is 0 Å². The van der Waals surface area contributed by atoms with Crippen LogP contribution in [0.4, 0.5) is 4.39 Å². The summed E-state index contributed by atoms with van der Waals surface area (Å²) in [7, 11) is 0. The van der Waals surface area contributed by atoms with E-state index in [4.69, 9.17) is 11.6 Å². The molecular formula is C11H8ClFN2O2S. The molecule has 0 unspecified atom stereocenters. The highest BCUT2D eigenvalue weighted by molar-refractivity contribution is 7.98. The Morgan fingerprint density at radius 3 is 2.78 bits per heavy atom. The lowest BCUT2D eigenvalue weighted by Crippen LogP contribution is -2.28. The van der Waals surface area contributed by atoms with Gasteiger partial charge in [-0.15, -0.1) is 11.8 Å². The van der Waals surface area contributed by atoms with E-state index in [1.807, 2.05) is 0 Å². The number of aromatic nitrogens is 2. The number of hydrogen-bond donors (Lipinski definition) is 2. The molecule has 7 heteroatoms. The maximum absolute atomic E-state index is 13.6. The Balaban J connectivity index is 2.16. The second-order valence-corrected chi connectivity index (χ2v) is 4.86. The van der Waals surface area contributed by atoms with Crippen molar-refractivity contribution in [3.05, 3.63) is 61.5 Å². The van der Waals surface area contributed by atoms with Gasteiger partial charge in [-0.1, -0.05) is 23.7 Å². The van der Waals surface area contributed by atoms with E-state index in [1.165, 1.54) is 24.0 Å². The van der Waals surface area contributed by atoms with Gasteiger partial charge in [0.15, 0.2) is 0 Å². The molecule has 4 nitrogen and oxygen atoms in total. The molecule has 0 spiro atoms. The van der Waals surface area contributed by atoms with E-state index in [2.05, 4.69) is 9.97 Å². The molecule has 0 radical (unpaired) electrons. The van der Waals surface area contributed by atoms with Crippen molar-refractivity contribution in [1.29, 1.82) is 0 Å². The van der Waals surface area contributed by atoms with E-state index in [0.29, 0.717) is 16.3 Å². The fourth-order valence-corrected chi connectivity index (χ4v) is 2.33. The first kappa shape index (κ1) is 12.9. The van der Waals surface area contributed by atoms with Crippen molar-refractivity contribution in [2.75, 3.05) is 0 Å². The zero-order chi connectivity index (χ0) is 13.1. The average Bonchev–Trinajstić information content (AvgIpc) is 2.35. The second-order valence-electron chi connectivity index (χ2n) is 3.44. The van der Waals surface area contributed by atoms with Crippen LogP contribution in [0.5, 0.6) is 0 Å². The SMILES string of the molecule is O=c1[nH]cc(SCc2cccc(Cl)c2F)[nH]c1=O. The maximum atomic E-state index is 13.6. The van der Waals surface area contributed by atoms with Gasteiger partial charge in [-0.25, -0.2) is 4.39 Å². The number of rotatable bonds is 3. The predicted molar refractivity (Wildman–Crippen MR) is 68.7 cm³/mol. The Morgan fingerprint density at radius 2 is 2.06 bits per heavy atom. The first-order valence-electron chi connectivity index (χ1n) is 4.95. The van der Waals surface area contributed by atoms with Crippen LogP contribution in [0.3, 0.4) is 0 Å². The molecular weight excluding hydrogens is 279 g/mol. The Bertz CT molecular complexity index is 683. The molecule has 2 aromatic rings. The van der Waals surface area contributed by atoms with Gasteiger partial charge in [0.1, 0.15) is 5.82 Å². The third-order valence-electron chi connectivity index (χ3n) is 2.19. The fraction of sp³-hybridized carbons (Fsp3) is 0.0909. The lowest BCUT2D eigenvalue weighted by atomic mass is 10.2. The zero-order valence-corrected chi connectivity index (χ0v) is 10.6. The van der Waals surface area contributed by atoms with Crippen molar-refractivity contribution in [3.8, 4) is 0 Å². The van der Waals surface area contributed by atoms with Gasteiger partial charge in [0.05, 0.1) is 10.0 Å². The molecule has 18 heavy (non-hydrogen) atoms. The molecule has 0 fully saturated rings. The number of aromatic amines is 2. The summed E-state index contributed by atoms with van der Waals surface area (Å²) < 4.78 is 13.6. The molecule has 0 atom stereocenters. The largest absolute Gasteiger partial charge is 0.322 e. The highest BCUT2D eigenvalue weighted by Gasteiger charge is 2.07. The summed E-state index contributed by atoms with van der Waals surface area (Å²) in [5.41, 5.74) is -1.01. The number of hydrogen-bond acceptors (Lipinski definition) is 3. The Morgan fingerprint density at radius 1 is 1.28 bits per heavy atom. The molecule has 0 aliphatic rings. The zero-order valence-electron chi connectivity index (χ0n) is 9.00. The van der Waals surface area contributed by atoms with Gasteiger partial charge in [0.2, 0.25) is 0 Å². The van der Waals surface area contributed by atoms with Gasteiger partial charge in [-0.05, 0) is 11.6 Å². The molecule has 94 valence electrons. The topological polar surface area (TPSA) is 65.7 Å². The Hall–Kier alpha value is -1.53. The molecule has 0 saturated heterocycles. The van der Waals surface area contributed by atoms with Crippen LogP contribution in [0.1, 0.15) is 5.56 Å². The number of benzene rings is 1. The van der Waals surface area contributed by atoms with Crippen molar-refractivity contribution in [2.24, 2.45) is 0 Å². The quantitative estimate of drug-likeness (QED) is 0.671. The lowest BCUT2D eigenvalue weighted by Gasteiger charge is -2.04. The molecule has 0 saturated carbocycles. The summed E-state index contributed by atoms with van der Waals surface area (Å²) in [4.78, 5) is 26.6. The Labute approximate surface area is 110 Å². The van der Waals surface area contributed by atoms with Crippen LogP contribution in [0.15, 0.2) is 39.0 Å². The summed E-state index contributed by atoms with van der Waals surface area (Å²) in [5.74, 6) is -0.174. The highest BCUT2D eigenvalue weighted by atomic mass is 35.5. The molecule has 0 aliphatic carbocycles. The lowest BCUT2D eigenvalue weighted by molar-refractivity contribution is 0.618. The van der Waals surface area contributed by atoms with Crippen molar-refractivity contribution in [2.45, 2.75) is 10.8 Å². The molecule has 0 amide bonds. The summed E-state index contributed by atoms with van der Waals surface area (Å²) in [6.07, 6.45) is 1.37. The van der Waals surface area contributed by atoms with Crippen LogP contribution < -0.4 is 11.1 Å².